The molecule has 4 nitrogen and oxygen atoms in total. The van der Waals surface area contributed by atoms with Crippen LogP contribution in [0.2, 0.25) is 0 Å². The second kappa shape index (κ2) is 6.68. The number of aromatic nitrogens is 1. The Kier molecular flexibility index (Phi) is 4.82. The van der Waals surface area contributed by atoms with Gasteiger partial charge in [-0.1, -0.05) is 40.2 Å². The van der Waals surface area contributed by atoms with Crippen LogP contribution >= 0.6 is 31.9 Å². The van der Waals surface area contributed by atoms with E-state index in [1.807, 2.05) is 30.3 Å². The largest absolute Gasteiger partial charge is 0.256 e. The smallest absolute Gasteiger partial charge is 0.242 e. The van der Waals surface area contributed by atoms with Crippen LogP contribution in [0.4, 0.5) is 0 Å². The molecular formula is C16H12Br2N2O2S. The van der Waals surface area contributed by atoms with Crippen molar-refractivity contribution in [2.75, 3.05) is 0 Å². The zero-order valence-electron chi connectivity index (χ0n) is 11.8. The predicted molar refractivity (Wildman–Crippen MR) is 97.6 cm³/mol. The highest BCUT2D eigenvalue weighted by molar-refractivity contribution is 9.11. The summed E-state index contributed by atoms with van der Waals surface area (Å²) in [6.07, 6.45) is 1.70. The molecule has 0 unspecified atom stereocenters. The number of rotatable bonds is 4. The van der Waals surface area contributed by atoms with Crippen molar-refractivity contribution >= 4 is 52.8 Å². The number of pyridine rings is 1. The summed E-state index contributed by atoms with van der Waals surface area (Å²) in [5, 5.41) is 0.979. The third kappa shape index (κ3) is 3.63. The molecule has 2 aromatic carbocycles. The molecule has 118 valence electrons. The van der Waals surface area contributed by atoms with Crippen LogP contribution in [0.1, 0.15) is 5.56 Å². The third-order valence-electron chi connectivity index (χ3n) is 3.35. The summed E-state index contributed by atoms with van der Waals surface area (Å²) in [6, 6.07) is 14.5. The molecule has 3 aromatic rings. The summed E-state index contributed by atoms with van der Waals surface area (Å²) in [5.41, 5.74) is 1.63. The molecule has 0 atom stereocenters. The molecule has 0 amide bonds. The molecule has 0 aliphatic rings. The van der Waals surface area contributed by atoms with Gasteiger partial charge in [0.05, 0.1) is 10.4 Å². The number of hydrogen-bond donors (Lipinski definition) is 1. The van der Waals surface area contributed by atoms with Crippen LogP contribution in [0.3, 0.4) is 0 Å². The van der Waals surface area contributed by atoms with Crippen LogP contribution in [0, 0.1) is 0 Å². The van der Waals surface area contributed by atoms with Crippen molar-refractivity contribution < 1.29 is 8.42 Å². The van der Waals surface area contributed by atoms with Crippen LogP contribution in [0.15, 0.2) is 68.6 Å². The first-order chi connectivity index (χ1) is 11.0. The number of benzene rings is 2. The SMILES string of the molecule is O=S(=O)(NCc1cccc2cccnc12)c1cc(Br)ccc1Br. The quantitative estimate of drug-likeness (QED) is 0.640. The molecule has 0 radical (unpaired) electrons. The summed E-state index contributed by atoms with van der Waals surface area (Å²) in [7, 11) is -3.63. The lowest BCUT2D eigenvalue weighted by Crippen LogP contribution is -2.23. The van der Waals surface area contributed by atoms with Crippen LogP contribution in [0.5, 0.6) is 0 Å². The average Bonchev–Trinajstić information content (AvgIpc) is 2.55. The summed E-state index contributed by atoms with van der Waals surface area (Å²) >= 11 is 6.57. The Labute approximate surface area is 151 Å². The van der Waals surface area contributed by atoms with Crippen molar-refractivity contribution in [2.45, 2.75) is 11.4 Å². The average molecular weight is 456 g/mol. The fraction of sp³-hybridized carbons (Fsp3) is 0.0625. The van der Waals surface area contributed by atoms with Crippen LogP contribution in [0.25, 0.3) is 10.9 Å². The fourth-order valence-electron chi connectivity index (χ4n) is 2.24. The number of fused-ring (bicyclic) bond motifs is 1. The van der Waals surface area contributed by atoms with Gasteiger partial charge in [-0.15, -0.1) is 0 Å². The molecule has 0 saturated heterocycles. The zero-order chi connectivity index (χ0) is 16.4. The first kappa shape index (κ1) is 16.6. The van der Waals surface area contributed by atoms with E-state index in [0.717, 1.165) is 16.5 Å². The lowest BCUT2D eigenvalue weighted by Gasteiger charge is -2.10. The maximum absolute atomic E-state index is 12.5. The Bertz CT molecular complexity index is 969. The Morgan fingerprint density at radius 2 is 1.83 bits per heavy atom. The Morgan fingerprint density at radius 1 is 1.04 bits per heavy atom. The molecule has 23 heavy (non-hydrogen) atoms. The highest BCUT2D eigenvalue weighted by Crippen LogP contribution is 2.26. The molecule has 7 heteroatoms. The van der Waals surface area contributed by atoms with Crippen LogP contribution < -0.4 is 4.72 Å². The van der Waals surface area contributed by atoms with Gasteiger partial charge < -0.3 is 0 Å². The monoisotopic (exact) mass is 454 g/mol. The van der Waals surface area contributed by atoms with E-state index in [-0.39, 0.29) is 11.4 Å². The van der Waals surface area contributed by atoms with Crippen molar-refractivity contribution in [3.63, 3.8) is 0 Å². The van der Waals surface area contributed by atoms with Gasteiger partial charge in [-0.05, 0) is 45.8 Å². The highest BCUT2D eigenvalue weighted by Gasteiger charge is 2.18. The fourth-order valence-corrected chi connectivity index (χ4v) is 4.75. The molecule has 1 heterocycles. The molecule has 0 aliphatic heterocycles. The second-order valence-corrected chi connectivity index (χ2v) is 8.40. The van der Waals surface area contributed by atoms with Gasteiger partial charge in [0, 0.05) is 27.1 Å². The van der Waals surface area contributed by atoms with Gasteiger partial charge in [-0.2, -0.15) is 0 Å². The molecule has 0 spiro atoms. The van der Waals surface area contributed by atoms with E-state index in [1.165, 1.54) is 0 Å². The van der Waals surface area contributed by atoms with Gasteiger partial charge in [0.25, 0.3) is 0 Å². The van der Waals surface area contributed by atoms with Crippen LogP contribution in [-0.4, -0.2) is 13.4 Å². The molecule has 0 aliphatic carbocycles. The normalized spacial score (nSPS) is 11.7. The second-order valence-electron chi connectivity index (χ2n) is 4.89. The molecule has 1 aromatic heterocycles. The van der Waals surface area contributed by atoms with Crippen molar-refractivity contribution in [2.24, 2.45) is 0 Å². The van der Waals surface area contributed by atoms with Crippen LogP contribution in [-0.2, 0) is 16.6 Å². The molecule has 0 fully saturated rings. The Morgan fingerprint density at radius 3 is 2.65 bits per heavy atom. The summed E-state index contributed by atoms with van der Waals surface area (Å²) in [6.45, 7) is 0.176. The van der Waals surface area contributed by atoms with Gasteiger partial charge >= 0.3 is 0 Å². The zero-order valence-corrected chi connectivity index (χ0v) is 15.8. The number of sulfonamides is 1. The summed E-state index contributed by atoms with van der Waals surface area (Å²) in [4.78, 5) is 4.53. The Hall–Kier alpha value is -1.28. The first-order valence-corrected chi connectivity index (χ1v) is 9.82. The lowest BCUT2D eigenvalue weighted by atomic mass is 10.1. The van der Waals surface area contributed by atoms with Crippen molar-refractivity contribution in [1.29, 1.82) is 0 Å². The topological polar surface area (TPSA) is 59.1 Å². The molecular weight excluding hydrogens is 444 g/mol. The van der Waals surface area contributed by atoms with Gasteiger partial charge in [0.2, 0.25) is 10.0 Å². The molecule has 1 N–H and O–H groups in total. The van der Waals surface area contributed by atoms with Gasteiger partial charge in [-0.25, -0.2) is 13.1 Å². The standard InChI is InChI=1S/C16H12Br2N2O2S/c17-13-6-7-14(18)15(9-13)23(21,22)20-10-12-4-1-3-11-5-2-8-19-16(11)12/h1-9,20H,10H2. The van der Waals surface area contributed by atoms with Gasteiger partial charge in [0.1, 0.15) is 0 Å². The minimum Gasteiger partial charge on any atom is -0.256 e. The third-order valence-corrected chi connectivity index (χ3v) is 6.24. The van der Waals surface area contributed by atoms with Crippen molar-refractivity contribution in [3.05, 3.63) is 69.2 Å². The molecule has 0 bridgehead atoms. The maximum Gasteiger partial charge on any atom is 0.242 e. The minimum atomic E-state index is -3.63. The van der Waals surface area contributed by atoms with E-state index >= 15 is 0 Å². The number of halogens is 2. The molecule has 0 saturated carbocycles. The number of para-hydroxylation sites is 1. The molecule has 3 rings (SSSR count). The lowest BCUT2D eigenvalue weighted by molar-refractivity contribution is 0.581. The van der Waals surface area contributed by atoms with E-state index < -0.39 is 10.0 Å². The number of nitrogens with one attached hydrogen (secondary N) is 1. The van der Waals surface area contributed by atoms with Crippen molar-refractivity contribution in [3.8, 4) is 0 Å². The van der Waals surface area contributed by atoms with E-state index in [2.05, 4.69) is 41.6 Å². The maximum atomic E-state index is 12.5. The minimum absolute atomic E-state index is 0.176. The van der Waals surface area contributed by atoms with Gasteiger partial charge in [0.15, 0.2) is 0 Å². The highest BCUT2D eigenvalue weighted by atomic mass is 79.9. The Balaban J connectivity index is 1.91. The summed E-state index contributed by atoms with van der Waals surface area (Å²) < 4.78 is 28.9. The number of hydrogen-bond acceptors (Lipinski definition) is 3. The van der Waals surface area contributed by atoms with E-state index in [1.54, 1.807) is 24.4 Å². The summed E-state index contributed by atoms with van der Waals surface area (Å²) in [5.74, 6) is 0. The van der Waals surface area contributed by atoms with Gasteiger partial charge in [-0.3, -0.25) is 4.98 Å². The number of nitrogens with zero attached hydrogens (tertiary/aromatic N) is 1. The predicted octanol–water partition coefficient (Wildman–Crippen LogP) is 4.24. The van der Waals surface area contributed by atoms with E-state index in [0.29, 0.717) is 8.95 Å². The van der Waals surface area contributed by atoms with Crippen molar-refractivity contribution in [1.82, 2.24) is 9.71 Å². The van der Waals surface area contributed by atoms with E-state index in [9.17, 15) is 8.42 Å². The van der Waals surface area contributed by atoms with E-state index in [4.69, 9.17) is 0 Å². The first-order valence-electron chi connectivity index (χ1n) is 6.75.